The van der Waals surface area contributed by atoms with E-state index in [-0.39, 0.29) is 68.5 Å². The predicted molar refractivity (Wildman–Crippen MR) is 210 cm³/mol. The molecule has 0 aliphatic rings. The van der Waals surface area contributed by atoms with Gasteiger partial charge in [0.1, 0.15) is 21.3 Å². The van der Waals surface area contributed by atoms with Crippen LogP contribution in [-0.2, 0) is 40.5 Å². The molecule has 22 nitrogen and oxygen atoms in total. The quantitative estimate of drug-likeness (QED) is 0.0572. The zero-order chi connectivity index (χ0) is 43.6. The highest BCUT2D eigenvalue weighted by Gasteiger charge is 2.20. The van der Waals surface area contributed by atoms with Crippen LogP contribution in [0.3, 0.4) is 0 Å². The summed E-state index contributed by atoms with van der Waals surface area (Å²) in [6.07, 6.45) is 2.28. The van der Waals surface area contributed by atoms with Crippen molar-refractivity contribution in [1.29, 1.82) is 0 Å². The molecule has 4 aromatic carbocycles. The third-order valence-electron chi connectivity index (χ3n) is 7.37. The Balaban J connectivity index is 1.22. The number of nitrogens with zero attached hydrogens (tertiary/aromatic N) is 6. The lowest BCUT2D eigenvalue weighted by Gasteiger charge is -2.11. The fourth-order valence-electron chi connectivity index (χ4n) is 4.82. The first-order valence-corrected chi connectivity index (χ1v) is 22.3. The molecule has 0 atom stereocenters. The summed E-state index contributed by atoms with van der Waals surface area (Å²) in [4.78, 5) is 21.3. The standard InChI is InChI=1S/C32H22Cl2N8O14S4/c33-27-37-29(41-31(39-27)55-21-7-11-23(12-8-21)57(43,44)45)35-19-5-3-17(25(15-19)59(49,50)51)1-2-18-4-6-20(16-26(18)60(52,53)54)36-30-38-28(34)40-32(42-30)56-22-9-13-24(14-10-22)58(46,47)48/h1-16H,(H,43,44,45)(H,46,47,48)(H,49,50,51)(H,52,53,54)(H,35,37,39,41)(H,36,38,40,42)/b2-1+. The van der Waals surface area contributed by atoms with Gasteiger partial charge in [0.2, 0.25) is 22.5 Å². The van der Waals surface area contributed by atoms with Crippen molar-refractivity contribution in [3.05, 3.63) is 107 Å². The van der Waals surface area contributed by atoms with Gasteiger partial charge in [-0.15, -0.1) is 0 Å². The van der Waals surface area contributed by atoms with Crippen LogP contribution in [0.2, 0.25) is 10.6 Å². The van der Waals surface area contributed by atoms with Crippen molar-refractivity contribution in [3.63, 3.8) is 0 Å². The van der Waals surface area contributed by atoms with Crippen LogP contribution in [0.15, 0.2) is 105 Å². The Morgan fingerprint density at radius 3 is 1.13 bits per heavy atom. The van der Waals surface area contributed by atoms with Crippen LogP contribution in [0.4, 0.5) is 23.3 Å². The van der Waals surface area contributed by atoms with Crippen molar-refractivity contribution in [2.75, 3.05) is 10.6 Å². The Kier molecular flexibility index (Phi) is 12.3. The molecule has 6 N–H and O–H groups in total. The Hall–Kier alpha value is -5.94. The molecule has 0 saturated heterocycles. The van der Waals surface area contributed by atoms with Crippen molar-refractivity contribution in [2.45, 2.75) is 19.6 Å². The van der Waals surface area contributed by atoms with Gasteiger partial charge in [-0.25, -0.2) is 0 Å². The van der Waals surface area contributed by atoms with Gasteiger partial charge in [0.25, 0.3) is 40.5 Å². The second-order valence-electron chi connectivity index (χ2n) is 11.6. The number of benzene rings is 4. The summed E-state index contributed by atoms with van der Waals surface area (Å²) in [7, 11) is -18.8. The van der Waals surface area contributed by atoms with E-state index in [1.807, 2.05) is 0 Å². The number of aromatic nitrogens is 6. The smallest absolute Gasteiger partial charge is 0.328 e. The monoisotopic (exact) mass is 940 g/mol. The Morgan fingerprint density at radius 2 is 0.817 bits per heavy atom. The third kappa shape index (κ3) is 11.4. The fourth-order valence-corrected chi connectivity index (χ4v) is 7.51. The molecule has 312 valence electrons. The maximum absolute atomic E-state index is 12.5. The molecule has 0 aliphatic carbocycles. The first-order valence-electron chi connectivity index (χ1n) is 15.8. The van der Waals surface area contributed by atoms with E-state index in [1.54, 1.807) is 0 Å². The minimum Gasteiger partial charge on any atom is -0.424 e. The lowest BCUT2D eigenvalue weighted by molar-refractivity contribution is 0.439. The van der Waals surface area contributed by atoms with Crippen LogP contribution in [-0.4, -0.2) is 81.8 Å². The summed E-state index contributed by atoms with van der Waals surface area (Å²) in [6.45, 7) is 0. The first kappa shape index (κ1) is 43.6. The van der Waals surface area contributed by atoms with Gasteiger partial charge >= 0.3 is 12.0 Å². The average Bonchev–Trinajstić information content (AvgIpc) is 3.13. The highest BCUT2D eigenvalue weighted by atomic mass is 35.5. The van der Waals surface area contributed by atoms with E-state index >= 15 is 0 Å². The number of halogens is 2. The van der Waals surface area contributed by atoms with Crippen molar-refractivity contribution in [1.82, 2.24) is 29.9 Å². The number of hydrogen-bond acceptors (Lipinski definition) is 18. The van der Waals surface area contributed by atoms with Crippen LogP contribution in [0.5, 0.6) is 23.5 Å². The minimum absolute atomic E-state index is 0.00148. The summed E-state index contributed by atoms with van der Waals surface area (Å²) >= 11 is 12.0. The SMILES string of the molecule is O=S(=O)(O)c1ccc(Oc2nc(Cl)nc(Nc3ccc(/C=C/c4ccc(Nc5nc(Cl)nc(Oc6ccc(S(=O)(=O)O)cc6)n5)cc4S(=O)(=O)O)c(S(=O)(=O)O)c3)n2)cc1. The number of ether oxygens (including phenoxy) is 2. The summed E-state index contributed by atoms with van der Waals surface area (Å²) in [5.74, 6) is -0.424. The lowest BCUT2D eigenvalue weighted by Crippen LogP contribution is -2.05. The molecule has 6 rings (SSSR count). The average molecular weight is 942 g/mol. The molecule has 2 heterocycles. The van der Waals surface area contributed by atoms with Crippen molar-refractivity contribution in [2.24, 2.45) is 0 Å². The Labute approximate surface area is 349 Å². The molecule has 0 bridgehead atoms. The van der Waals surface area contributed by atoms with Gasteiger partial charge < -0.3 is 20.1 Å². The maximum Gasteiger partial charge on any atom is 0.328 e. The van der Waals surface area contributed by atoms with Gasteiger partial charge in [0.05, 0.1) is 9.79 Å². The van der Waals surface area contributed by atoms with E-state index in [0.717, 1.165) is 48.6 Å². The first-order chi connectivity index (χ1) is 28.0. The van der Waals surface area contributed by atoms with Gasteiger partial charge in [0.15, 0.2) is 0 Å². The normalized spacial score (nSPS) is 12.3. The second-order valence-corrected chi connectivity index (χ2v) is 17.9. The van der Waals surface area contributed by atoms with E-state index in [4.69, 9.17) is 41.8 Å². The number of rotatable bonds is 14. The molecule has 28 heteroatoms. The Morgan fingerprint density at radius 1 is 0.467 bits per heavy atom. The van der Waals surface area contributed by atoms with Gasteiger partial charge in [-0.05, 0) is 107 Å². The highest BCUT2D eigenvalue weighted by molar-refractivity contribution is 7.86. The Bertz CT molecular complexity index is 2920. The van der Waals surface area contributed by atoms with Gasteiger partial charge in [-0.1, -0.05) is 24.3 Å². The van der Waals surface area contributed by atoms with Crippen LogP contribution < -0.4 is 20.1 Å². The largest absolute Gasteiger partial charge is 0.424 e. The van der Waals surface area contributed by atoms with E-state index in [0.29, 0.717) is 0 Å². The van der Waals surface area contributed by atoms with E-state index < -0.39 is 60.1 Å². The predicted octanol–water partition coefficient (Wildman–Crippen LogP) is 5.59. The molecular formula is C32H22Cl2N8O14S4. The van der Waals surface area contributed by atoms with Crippen molar-refractivity contribution >= 4 is 99.1 Å². The second kappa shape index (κ2) is 17.0. The van der Waals surface area contributed by atoms with Crippen molar-refractivity contribution in [3.8, 4) is 23.5 Å². The summed E-state index contributed by atoms with van der Waals surface area (Å²) in [5.41, 5.74) is -0.279. The molecule has 0 radical (unpaired) electrons. The fraction of sp³-hybridized carbons (Fsp3) is 0. The molecule has 0 fully saturated rings. The minimum atomic E-state index is -4.95. The molecule has 0 unspecified atom stereocenters. The molecule has 0 saturated carbocycles. The van der Waals surface area contributed by atoms with Crippen molar-refractivity contribution < 1.29 is 61.4 Å². The van der Waals surface area contributed by atoms with E-state index in [1.165, 1.54) is 48.5 Å². The van der Waals surface area contributed by atoms with Gasteiger partial charge in [-0.3, -0.25) is 18.2 Å². The number of hydrogen-bond donors (Lipinski definition) is 6. The number of nitrogens with one attached hydrogen (secondary N) is 2. The van der Waals surface area contributed by atoms with Crippen LogP contribution in [0.1, 0.15) is 11.1 Å². The van der Waals surface area contributed by atoms with Crippen LogP contribution in [0, 0.1) is 0 Å². The third-order valence-corrected chi connectivity index (χ3v) is 11.3. The lowest BCUT2D eigenvalue weighted by atomic mass is 10.1. The summed E-state index contributed by atoms with van der Waals surface area (Å²) in [6, 6.07) is 15.4. The molecule has 0 aliphatic heterocycles. The maximum atomic E-state index is 12.5. The van der Waals surface area contributed by atoms with E-state index in [2.05, 4.69) is 40.5 Å². The van der Waals surface area contributed by atoms with Gasteiger partial charge in [-0.2, -0.15) is 63.6 Å². The zero-order valence-corrected chi connectivity index (χ0v) is 34.0. The molecule has 0 spiro atoms. The van der Waals surface area contributed by atoms with E-state index in [9.17, 15) is 42.8 Å². The zero-order valence-electron chi connectivity index (χ0n) is 29.2. The highest BCUT2D eigenvalue weighted by Crippen LogP contribution is 2.30. The molecule has 60 heavy (non-hydrogen) atoms. The molecule has 2 aromatic heterocycles. The summed E-state index contributed by atoms with van der Waals surface area (Å²) < 4.78 is 144. The van der Waals surface area contributed by atoms with Crippen LogP contribution >= 0.6 is 23.2 Å². The molecule has 0 amide bonds. The summed E-state index contributed by atoms with van der Waals surface area (Å²) in [5, 5.41) is 4.61. The topological polar surface area (TPSA) is 337 Å². The van der Waals surface area contributed by atoms with Crippen LogP contribution in [0.25, 0.3) is 12.2 Å². The molecular weight excluding hydrogens is 920 g/mol. The molecule has 6 aromatic rings. The number of anilines is 4. The van der Waals surface area contributed by atoms with Gasteiger partial charge in [0, 0.05) is 11.4 Å².